The van der Waals surface area contributed by atoms with Crippen LogP contribution >= 0.6 is 11.6 Å². The van der Waals surface area contributed by atoms with Crippen LogP contribution in [0.25, 0.3) is 16.9 Å². The highest BCUT2D eigenvalue weighted by Gasteiger charge is 2.26. The van der Waals surface area contributed by atoms with Crippen molar-refractivity contribution in [2.24, 2.45) is 0 Å². The summed E-state index contributed by atoms with van der Waals surface area (Å²) in [7, 11) is 0. The van der Waals surface area contributed by atoms with Crippen molar-refractivity contribution in [3.05, 3.63) is 41.1 Å². The van der Waals surface area contributed by atoms with E-state index in [0.717, 1.165) is 0 Å². The number of anilines is 1. The fourth-order valence-electron chi connectivity index (χ4n) is 2.61. The molecule has 0 atom stereocenters. The van der Waals surface area contributed by atoms with E-state index in [4.69, 9.17) is 11.6 Å². The summed E-state index contributed by atoms with van der Waals surface area (Å²) in [4.78, 5) is 9.81. The molecule has 0 saturated heterocycles. The van der Waals surface area contributed by atoms with Crippen molar-refractivity contribution >= 4 is 23.2 Å². The van der Waals surface area contributed by atoms with Gasteiger partial charge in [0.25, 0.3) is 5.78 Å². The van der Waals surface area contributed by atoms with Gasteiger partial charge in [0.05, 0.1) is 11.1 Å². The lowest BCUT2D eigenvalue weighted by molar-refractivity contribution is 0.547. The molecule has 0 N–H and O–H groups in total. The highest BCUT2D eigenvalue weighted by molar-refractivity contribution is 6.33. The summed E-state index contributed by atoms with van der Waals surface area (Å²) in [5.74, 6) is -2.59. The number of nitrogens with zero attached hydrogens (tertiary/aromatic N) is 5. The van der Waals surface area contributed by atoms with Crippen LogP contribution in [0.15, 0.2) is 18.5 Å². The van der Waals surface area contributed by atoms with Crippen molar-refractivity contribution in [2.75, 3.05) is 18.0 Å². The van der Waals surface area contributed by atoms with Crippen molar-refractivity contribution in [3.8, 4) is 11.1 Å². The van der Waals surface area contributed by atoms with Crippen molar-refractivity contribution in [1.29, 1.82) is 0 Å². The van der Waals surface area contributed by atoms with Crippen LogP contribution in [0, 0.1) is 17.5 Å². The average molecular weight is 356 g/mol. The summed E-state index contributed by atoms with van der Waals surface area (Å²) in [5.41, 5.74) is -0.443. The standard InChI is InChI=1S/C15H13ClF3N5/c1-3-23(4-2)14-12(11-9(18)5-8(17)6-10(11)19)13(16)22-15-20-7-21-24(14)15/h5-7H,3-4H2,1-2H3. The van der Waals surface area contributed by atoms with Crippen LogP contribution < -0.4 is 4.90 Å². The molecule has 5 nitrogen and oxygen atoms in total. The van der Waals surface area contributed by atoms with E-state index >= 15 is 0 Å². The predicted molar refractivity (Wildman–Crippen MR) is 84.7 cm³/mol. The molecule has 1 aromatic carbocycles. The Morgan fingerprint density at radius 2 is 1.71 bits per heavy atom. The Balaban J connectivity index is 2.44. The summed E-state index contributed by atoms with van der Waals surface area (Å²) in [6, 6.07) is 1.21. The summed E-state index contributed by atoms with van der Waals surface area (Å²) in [6.45, 7) is 4.82. The zero-order valence-corrected chi connectivity index (χ0v) is 13.7. The quantitative estimate of drug-likeness (QED) is 0.669. The maximum atomic E-state index is 14.3. The molecule has 2 heterocycles. The van der Waals surface area contributed by atoms with Crippen LogP contribution in [0.2, 0.25) is 5.15 Å². The van der Waals surface area contributed by atoms with Crippen LogP contribution in [0.5, 0.6) is 0 Å². The lowest BCUT2D eigenvalue weighted by Crippen LogP contribution is -2.26. The molecule has 0 aliphatic carbocycles. The van der Waals surface area contributed by atoms with Crippen LogP contribution in [-0.2, 0) is 0 Å². The van der Waals surface area contributed by atoms with Gasteiger partial charge in [0.2, 0.25) is 0 Å². The lowest BCUT2D eigenvalue weighted by Gasteiger charge is -2.25. The zero-order chi connectivity index (χ0) is 17.4. The monoisotopic (exact) mass is 355 g/mol. The minimum atomic E-state index is -1.07. The normalized spacial score (nSPS) is 11.2. The van der Waals surface area contributed by atoms with Gasteiger partial charge in [-0.1, -0.05) is 11.6 Å². The molecule has 0 unspecified atom stereocenters. The van der Waals surface area contributed by atoms with Gasteiger partial charge in [-0.05, 0) is 13.8 Å². The van der Waals surface area contributed by atoms with Gasteiger partial charge >= 0.3 is 0 Å². The number of hydrogen-bond donors (Lipinski definition) is 0. The van der Waals surface area contributed by atoms with Gasteiger partial charge in [-0.15, -0.1) is 0 Å². The van der Waals surface area contributed by atoms with E-state index < -0.39 is 23.0 Å². The molecule has 0 fully saturated rings. The second-order valence-corrected chi connectivity index (χ2v) is 5.35. The van der Waals surface area contributed by atoms with E-state index in [1.165, 1.54) is 10.8 Å². The minimum absolute atomic E-state index is 0.00775. The molecular weight excluding hydrogens is 343 g/mol. The predicted octanol–water partition coefficient (Wildman–Crippen LogP) is 3.71. The van der Waals surface area contributed by atoms with Gasteiger partial charge in [0, 0.05) is 25.2 Å². The van der Waals surface area contributed by atoms with Crippen molar-refractivity contribution in [2.45, 2.75) is 13.8 Å². The lowest BCUT2D eigenvalue weighted by atomic mass is 10.1. The molecule has 0 amide bonds. The Hall–Kier alpha value is -2.35. The zero-order valence-electron chi connectivity index (χ0n) is 12.9. The third-order valence-electron chi connectivity index (χ3n) is 3.68. The van der Waals surface area contributed by atoms with Crippen LogP contribution in [0.1, 0.15) is 13.8 Å². The molecule has 0 radical (unpaired) electrons. The molecule has 9 heteroatoms. The molecular formula is C15H13ClF3N5. The van der Waals surface area contributed by atoms with Crippen molar-refractivity contribution < 1.29 is 13.2 Å². The minimum Gasteiger partial charge on any atom is -0.356 e. The third-order valence-corrected chi connectivity index (χ3v) is 3.95. The number of aromatic nitrogens is 4. The smallest absolute Gasteiger partial charge is 0.255 e. The molecule has 0 bridgehead atoms. The second kappa shape index (κ2) is 6.27. The van der Waals surface area contributed by atoms with Gasteiger partial charge in [-0.25, -0.2) is 13.2 Å². The second-order valence-electron chi connectivity index (χ2n) is 4.99. The fraction of sp³-hybridized carbons (Fsp3) is 0.267. The Labute approximate surface area is 140 Å². The van der Waals surface area contributed by atoms with Gasteiger partial charge in [-0.3, -0.25) is 0 Å². The van der Waals surface area contributed by atoms with E-state index in [0.29, 0.717) is 31.0 Å². The summed E-state index contributed by atoms with van der Waals surface area (Å²) in [6.07, 6.45) is 1.27. The Morgan fingerprint density at radius 1 is 1.08 bits per heavy atom. The topological polar surface area (TPSA) is 46.3 Å². The SMILES string of the molecule is CCN(CC)c1c(-c2c(F)cc(F)cc2F)c(Cl)nc2ncnn12. The van der Waals surface area contributed by atoms with Crippen molar-refractivity contribution in [1.82, 2.24) is 19.6 Å². The molecule has 3 aromatic rings. The first-order valence-corrected chi connectivity index (χ1v) is 7.64. The Kier molecular flexibility index (Phi) is 4.31. The molecule has 3 rings (SSSR count). The van der Waals surface area contributed by atoms with E-state index in [1.54, 1.807) is 0 Å². The molecule has 2 aromatic heterocycles. The van der Waals surface area contributed by atoms with E-state index in [1.807, 2.05) is 18.7 Å². The number of halogens is 4. The molecule has 0 aliphatic rings. The first kappa shape index (κ1) is 16.5. The highest BCUT2D eigenvalue weighted by atomic mass is 35.5. The van der Waals surface area contributed by atoms with Gasteiger partial charge < -0.3 is 4.90 Å². The first-order chi connectivity index (χ1) is 11.5. The number of benzene rings is 1. The maximum absolute atomic E-state index is 14.3. The van der Waals surface area contributed by atoms with Gasteiger partial charge in [0.1, 0.15) is 34.7 Å². The number of hydrogen-bond acceptors (Lipinski definition) is 4. The molecule has 126 valence electrons. The van der Waals surface area contributed by atoms with Gasteiger partial charge in [-0.2, -0.15) is 19.6 Å². The number of rotatable bonds is 4. The molecule has 0 saturated carbocycles. The fourth-order valence-corrected chi connectivity index (χ4v) is 2.87. The van der Waals surface area contributed by atoms with Crippen molar-refractivity contribution in [3.63, 3.8) is 0 Å². The largest absolute Gasteiger partial charge is 0.356 e. The number of fused-ring (bicyclic) bond motifs is 1. The summed E-state index contributed by atoms with van der Waals surface area (Å²) < 4.78 is 43.3. The van der Waals surface area contributed by atoms with Crippen LogP contribution in [-0.4, -0.2) is 32.7 Å². The molecule has 0 aliphatic heterocycles. The first-order valence-electron chi connectivity index (χ1n) is 7.27. The van der Waals surface area contributed by atoms with E-state index in [-0.39, 0.29) is 16.5 Å². The van der Waals surface area contributed by atoms with E-state index in [9.17, 15) is 13.2 Å². The van der Waals surface area contributed by atoms with Crippen LogP contribution in [0.4, 0.5) is 19.0 Å². The Bertz CT molecular complexity index is 885. The summed E-state index contributed by atoms with van der Waals surface area (Å²) >= 11 is 6.20. The summed E-state index contributed by atoms with van der Waals surface area (Å²) in [5, 5.41) is 3.93. The maximum Gasteiger partial charge on any atom is 0.255 e. The van der Waals surface area contributed by atoms with Crippen LogP contribution in [0.3, 0.4) is 0 Å². The van der Waals surface area contributed by atoms with E-state index in [2.05, 4.69) is 15.1 Å². The Morgan fingerprint density at radius 3 is 2.29 bits per heavy atom. The molecule has 24 heavy (non-hydrogen) atoms. The van der Waals surface area contributed by atoms with Gasteiger partial charge in [0.15, 0.2) is 0 Å². The highest BCUT2D eigenvalue weighted by Crippen LogP contribution is 2.39. The average Bonchev–Trinajstić information content (AvgIpc) is 2.97. The molecule has 0 spiro atoms. The third kappa shape index (κ3) is 2.56.